The molecule has 0 unspecified atom stereocenters. The number of hydrogen-bond donors (Lipinski definition) is 0. The van der Waals surface area contributed by atoms with Crippen LogP contribution in [0.15, 0.2) is 12.2 Å². The first-order chi connectivity index (χ1) is 5.26. The highest BCUT2D eigenvalue weighted by Gasteiger charge is 2.46. The lowest BCUT2D eigenvalue weighted by atomic mass is 9.76. The monoisotopic (exact) mass is 150 g/mol. The van der Waals surface area contributed by atoms with Crippen molar-refractivity contribution in [3.63, 3.8) is 0 Å². The van der Waals surface area contributed by atoms with Gasteiger partial charge in [-0.25, -0.2) is 0 Å². The van der Waals surface area contributed by atoms with Crippen molar-refractivity contribution >= 4 is 5.78 Å². The highest BCUT2D eigenvalue weighted by atomic mass is 16.1. The maximum Gasteiger partial charge on any atom is 0.136 e. The predicted molar refractivity (Wildman–Crippen MR) is 44.2 cm³/mol. The summed E-state index contributed by atoms with van der Waals surface area (Å²) < 4.78 is 0. The molecule has 0 saturated heterocycles. The molecule has 1 saturated carbocycles. The van der Waals surface area contributed by atoms with Crippen LogP contribution < -0.4 is 0 Å². The van der Waals surface area contributed by atoms with E-state index < -0.39 is 0 Å². The first-order valence-corrected chi connectivity index (χ1v) is 4.43. The van der Waals surface area contributed by atoms with Crippen LogP contribution in [0.1, 0.15) is 32.6 Å². The van der Waals surface area contributed by atoms with Crippen molar-refractivity contribution in [3.05, 3.63) is 12.2 Å². The molecular formula is C10H14O. The van der Waals surface area contributed by atoms with E-state index in [1.54, 1.807) is 6.92 Å². The van der Waals surface area contributed by atoms with Crippen molar-refractivity contribution < 1.29 is 4.79 Å². The van der Waals surface area contributed by atoms with Gasteiger partial charge in [0.25, 0.3) is 0 Å². The molecule has 0 bridgehead atoms. The number of carbonyl (C=O) groups is 1. The summed E-state index contributed by atoms with van der Waals surface area (Å²) in [5.41, 5.74) is 0.0556. The summed E-state index contributed by atoms with van der Waals surface area (Å²) in [5.74, 6) is 0.991. The Bertz CT molecular complexity index is 217. The minimum atomic E-state index is 0.0556. The van der Waals surface area contributed by atoms with Crippen molar-refractivity contribution in [1.29, 1.82) is 0 Å². The number of rotatable bonds is 1. The van der Waals surface area contributed by atoms with Gasteiger partial charge in [-0.2, -0.15) is 0 Å². The second-order valence-electron chi connectivity index (χ2n) is 3.84. The third-order valence-electron chi connectivity index (χ3n) is 3.40. The van der Waals surface area contributed by atoms with E-state index in [9.17, 15) is 4.79 Å². The van der Waals surface area contributed by atoms with Crippen LogP contribution in [0.4, 0.5) is 0 Å². The highest BCUT2D eigenvalue weighted by Crippen LogP contribution is 2.51. The molecule has 0 aromatic heterocycles. The van der Waals surface area contributed by atoms with Gasteiger partial charge in [-0.05, 0) is 32.1 Å². The number of carbonyl (C=O) groups excluding carboxylic acids is 1. The normalized spacial score (nSPS) is 41.0. The van der Waals surface area contributed by atoms with Crippen LogP contribution in [-0.2, 0) is 4.79 Å². The molecule has 2 aliphatic rings. The molecule has 0 radical (unpaired) electrons. The zero-order chi connectivity index (χ0) is 7.90. The molecule has 0 aliphatic heterocycles. The van der Waals surface area contributed by atoms with E-state index in [1.807, 2.05) is 0 Å². The van der Waals surface area contributed by atoms with E-state index in [0.29, 0.717) is 11.7 Å². The number of Topliss-reactive ketones (excluding diaryl/α,β-unsaturated/α-hetero) is 1. The van der Waals surface area contributed by atoms with Crippen molar-refractivity contribution in [2.75, 3.05) is 0 Å². The van der Waals surface area contributed by atoms with Gasteiger partial charge in [0.15, 0.2) is 0 Å². The molecular weight excluding hydrogens is 136 g/mol. The van der Waals surface area contributed by atoms with Gasteiger partial charge in [-0.3, -0.25) is 4.79 Å². The van der Waals surface area contributed by atoms with Crippen LogP contribution >= 0.6 is 0 Å². The van der Waals surface area contributed by atoms with Gasteiger partial charge in [0.2, 0.25) is 0 Å². The lowest BCUT2D eigenvalue weighted by Crippen LogP contribution is -2.28. The summed E-state index contributed by atoms with van der Waals surface area (Å²) in [6.07, 6.45) is 9.04. The van der Waals surface area contributed by atoms with Crippen LogP contribution in [0.5, 0.6) is 0 Å². The molecule has 0 heterocycles. The van der Waals surface area contributed by atoms with Crippen LogP contribution in [0.3, 0.4) is 0 Å². The Labute approximate surface area is 67.5 Å². The number of hydrogen-bond acceptors (Lipinski definition) is 1. The van der Waals surface area contributed by atoms with Gasteiger partial charge in [-0.1, -0.05) is 18.6 Å². The molecule has 0 aromatic carbocycles. The van der Waals surface area contributed by atoms with Crippen LogP contribution in [0.2, 0.25) is 0 Å². The van der Waals surface area contributed by atoms with E-state index in [2.05, 4.69) is 12.2 Å². The van der Waals surface area contributed by atoms with E-state index >= 15 is 0 Å². The molecule has 2 atom stereocenters. The second kappa shape index (κ2) is 2.20. The summed E-state index contributed by atoms with van der Waals surface area (Å²) in [4.78, 5) is 11.4. The average molecular weight is 150 g/mol. The Kier molecular flexibility index (Phi) is 1.41. The molecule has 1 heteroatoms. The SMILES string of the molecule is CC(=O)[C@@]12CC=C[C@@H]1CCC2. The molecule has 11 heavy (non-hydrogen) atoms. The van der Waals surface area contributed by atoms with Crippen LogP contribution in [0.25, 0.3) is 0 Å². The maximum absolute atomic E-state index is 11.4. The molecule has 0 amide bonds. The van der Waals surface area contributed by atoms with Gasteiger partial charge in [-0.15, -0.1) is 0 Å². The molecule has 1 nitrogen and oxygen atoms in total. The first-order valence-electron chi connectivity index (χ1n) is 4.43. The maximum atomic E-state index is 11.4. The minimum absolute atomic E-state index is 0.0556. The average Bonchev–Trinajstić information content (AvgIpc) is 2.40. The molecule has 0 N–H and O–H groups in total. The Morgan fingerprint density at radius 1 is 1.64 bits per heavy atom. The fourth-order valence-corrected chi connectivity index (χ4v) is 2.66. The zero-order valence-corrected chi connectivity index (χ0v) is 6.97. The Balaban J connectivity index is 2.30. The fraction of sp³-hybridized carbons (Fsp3) is 0.700. The van der Waals surface area contributed by atoms with E-state index in [4.69, 9.17) is 0 Å². The van der Waals surface area contributed by atoms with Crippen molar-refractivity contribution in [3.8, 4) is 0 Å². The lowest BCUT2D eigenvalue weighted by molar-refractivity contribution is -0.127. The van der Waals surface area contributed by atoms with Crippen molar-refractivity contribution in [2.45, 2.75) is 32.6 Å². The molecule has 2 aliphatic carbocycles. The van der Waals surface area contributed by atoms with Gasteiger partial charge in [0.05, 0.1) is 0 Å². The summed E-state index contributed by atoms with van der Waals surface area (Å²) >= 11 is 0. The van der Waals surface area contributed by atoms with Crippen LogP contribution in [-0.4, -0.2) is 5.78 Å². The van der Waals surface area contributed by atoms with Gasteiger partial charge < -0.3 is 0 Å². The predicted octanol–water partition coefficient (Wildman–Crippen LogP) is 2.32. The quantitative estimate of drug-likeness (QED) is 0.524. The van der Waals surface area contributed by atoms with E-state index in [1.165, 1.54) is 12.8 Å². The summed E-state index contributed by atoms with van der Waals surface area (Å²) in [6, 6.07) is 0. The fourth-order valence-electron chi connectivity index (χ4n) is 2.66. The third-order valence-corrected chi connectivity index (χ3v) is 3.40. The number of allylic oxidation sites excluding steroid dienone is 2. The topological polar surface area (TPSA) is 17.1 Å². The number of ketones is 1. The summed E-state index contributed by atoms with van der Waals surface area (Å²) in [5, 5.41) is 0. The second-order valence-corrected chi connectivity index (χ2v) is 3.84. The van der Waals surface area contributed by atoms with Crippen LogP contribution in [0, 0.1) is 11.3 Å². The van der Waals surface area contributed by atoms with Gasteiger partial charge in [0, 0.05) is 5.41 Å². The molecule has 0 aromatic rings. The third kappa shape index (κ3) is 0.800. The highest BCUT2D eigenvalue weighted by molar-refractivity contribution is 5.84. The smallest absolute Gasteiger partial charge is 0.136 e. The lowest BCUT2D eigenvalue weighted by Gasteiger charge is -2.25. The van der Waals surface area contributed by atoms with Gasteiger partial charge in [0.1, 0.15) is 5.78 Å². The molecule has 0 spiro atoms. The van der Waals surface area contributed by atoms with E-state index in [-0.39, 0.29) is 5.41 Å². The first kappa shape index (κ1) is 7.08. The van der Waals surface area contributed by atoms with Crippen molar-refractivity contribution in [2.24, 2.45) is 11.3 Å². The van der Waals surface area contributed by atoms with E-state index in [0.717, 1.165) is 12.8 Å². The van der Waals surface area contributed by atoms with Gasteiger partial charge >= 0.3 is 0 Å². The molecule has 60 valence electrons. The van der Waals surface area contributed by atoms with Crippen molar-refractivity contribution in [1.82, 2.24) is 0 Å². The largest absolute Gasteiger partial charge is 0.299 e. The Morgan fingerprint density at radius 3 is 3.09 bits per heavy atom. The molecule has 2 rings (SSSR count). The standard InChI is InChI=1S/C10H14O/c1-8(11)10-6-2-4-9(10)5-3-7-10/h2,4,9H,3,5-7H2,1H3/t9-,10+/m1/s1. The Morgan fingerprint density at radius 2 is 2.45 bits per heavy atom. The zero-order valence-electron chi connectivity index (χ0n) is 6.97. The number of fused-ring (bicyclic) bond motifs is 1. The Hall–Kier alpha value is -0.590. The summed E-state index contributed by atoms with van der Waals surface area (Å²) in [6.45, 7) is 1.76. The minimum Gasteiger partial charge on any atom is -0.299 e. The summed E-state index contributed by atoms with van der Waals surface area (Å²) in [7, 11) is 0. The molecule has 1 fully saturated rings.